The topological polar surface area (TPSA) is 86.8 Å². The molecule has 3 aromatic carbocycles. The predicted octanol–water partition coefficient (Wildman–Crippen LogP) is 3.63. The molecule has 2 amide bonds. The van der Waals surface area contributed by atoms with Crippen molar-refractivity contribution in [2.24, 2.45) is 0 Å². The van der Waals surface area contributed by atoms with Crippen molar-refractivity contribution in [2.45, 2.75) is 39.5 Å². The van der Waals surface area contributed by atoms with Crippen LogP contribution < -0.4 is 5.32 Å². The SMILES string of the molecule is Cc1ccc(CNC(=O)C(C)N(Cc2ccc(F)cc2)C(=O)CN(Cc2ccccc2)S(C)(=O)=O)cc1. The van der Waals surface area contributed by atoms with Crippen LogP contribution in [0.3, 0.4) is 0 Å². The van der Waals surface area contributed by atoms with E-state index in [1.54, 1.807) is 31.2 Å². The van der Waals surface area contributed by atoms with E-state index in [0.717, 1.165) is 27.3 Å². The molecule has 1 atom stereocenters. The number of halogens is 1. The van der Waals surface area contributed by atoms with Crippen LogP contribution in [0.15, 0.2) is 78.9 Å². The van der Waals surface area contributed by atoms with E-state index in [2.05, 4.69) is 5.32 Å². The highest BCUT2D eigenvalue weighted by molar-refractivity contribution is 7.88. The smallest absolute Gasteiger partial charge is 0.242 e. The zero-order chi connectivity index (χ0) is 27.0. The standard InChI is InChI=1S/C28H32FN3O4S/c1-21-9-11-23(12-10-21)17-30-28(34)22(2)32(19-25-13-15-26(29)16-14-25)27(33)20-31(37(3,35)36)18-24-7-5-4-6-8-24/h4-16,22H,17-20H2,1-3H3,(H,30,34). The van der Waals surface area contributed by atoms with Crippen molar-refractivity contribution < 1.29 is 22.4 Å². The zero-order valence-corrected chi connectivity index (χ0v) is 22.0. The molecule has 3 aromatic rings. The summed E-state index contributed by atoms with van der Waals surface area (Å²) >= 11 is 0. The second-order valence-electron chi connectivity index (χ2n) is 9.04. The van der Waals surface area contributed by atoms with Crippen LogP contribution in [-0.4, -0.2) is 48.3 Å². The Balaban J connectivity index is 1.80. The summed E-state index contributed by atoms with van der Waals surface area (Å²) in [6.45, 7) is 3.44. The molecule has 0 aromatic heterocycles. The molecule has 3 rings (SSSR count). The van der Waals surface area contributed by atoms with Crippen LogP contribution in [0.1, 0.15) is 29.2 Å². The minimum atomic E-state index is -3.73. The van der Waals surface area contributed by atoms with Crippen molar-refractivity contribution in [2.75, 3.05) is 12.8 Å². The lowest BCUT2D eigenvalue weighted by Crippen LogP contribution is -2.50. The van der Waals surface area contributed by atoms with E-state index in [-0.39, 0.29) is 25.5 Å². The molecule has 196 valence electrons. The minimum Gasteiger partial charge on any atom is -0.350 e. The van der Waals surface area contributed by atoms with Gasteiger partial charge in [-0.3, -0.25) is 9.59 Å². The average Bonchev–Trinajstić information content (AvgIpc) is 2.87. The van der Waals surface area contributed by atoms with E-state index in [4.69, 9.17) is 0 Å². The van der Waals surface area contributed by atoms with Crippen LogP contribution in [0.5, 0.6) is 0 Å². The minimum absolute atomic E-state index is 0.0151. The van der Waals surface area contributed by atoms with Gasteiger partial charge in [-0.15, -0.1) is 0 Å². The van der Waals surface area contributed by atoms with E-state index in [1.165, 1.54) is 29.2 Å². The number of carbonyl (C=O) groups excluding carboxylic acids is 2. The highest BCUT2D eigenvalue weighted by Gasteiger charge is 2.29. The van der Waals surface area contributed by atoms with Gasteiger partial charge >= 0.3 is 0 Å². The number of hydrogen-bond donors (Lipinski definition) is 1. The third kappa shape index (κ3) is 8.51. The molecule has 0 saturated carbocycles. The Labute approximate surface area is 218 Å². The number of benzene rings is 3. The first-order valence-corrected chi connectivity index (χ1v) is 13.7. The first-order valence-electron chi connectivity index (χ1n) is 11.9. The van der Waals surface area contributed by atoms with Crippen molar-refractivity contribution in [3.63, 3.8) is 0 Å². The molecule has 0 heterocycles. The number of carbonyl (C=O) groups is 2. The summed E-state index contributed by atoms with van der Waals surface area (Å²) in [5.41, 5.74) is 3.36. The maximum absolute atomic E-state index is 13.5. The first-order chi connectivity index (χ1) is 17.5. The zero-order valence-electron chi connectivity index (χ0n) is 21.2. The van der Waals surface area contributed by atoms with Gasteiger partial charge in [0.1, 0.15) is 11.9 Å². The van der Waals surface area contributed by atoms with Gasteiger partial charge in [0, 0.05) is 19.6 Å². The second kappa shape index (κ2) is 12.6. The molecule has 0 bridgehead atoms. The van der Waals surface area contributed by atoms with Gasteiger partial charge in [-0.05, 0) is 42.7 Å². The van der Waals surface area contributed by atoms with Crippen molar-refractivity contribution in [1.29, 1.82) is 0 Å². The number of sulfonamides is 1. The number of nitrogens with one attached hydrogen (secondary N) is 1. The molecule has 7 nitrogen and oxygen atoms in total. The number of nitrogens with zero attached hydrogens (tertiary/aromatic N) is 2. The van der Waals surface area contributed by atoms with Crippen LogP contribution in [0.2, 0.25) is 0 Å². The molecule has 9 heteroatoms. The first kappa shape index (κ1) is 28.0. The van der Waals surface area contributed by atoms with Crippen molar-refractivity contribution in [1.82, 2.24) is 14.5 Å². The van der Waals surface area contributed by atoms with Gasteiger partial charge in [0.05, 0.1) is 12.8 Å². The van der Waals surface area contributed by atoms with Crippen LogP contribution >= 0.6 is 0 Å². The summed E-state index contributed by atoms with van der Waals surface area (Å²) in [5, 5.41) is 2.85. The molecule has 37 heavy (non-hydrogen) atoms. The summed E-state index contributed by atoms with van der Waals surface area (Å²) in [4.78, 5) is 27.9. The van der Waals surface area contributed by atoms with Gasteiger partial charge in [-0.2, -0.15) is 4.31 Å². The molecule has 1 N–H and O–H groups in total. The molecule has 0 fully saturated rings. The molecule has 0 aliphatic heterocycles. The van der Waals surface area contributed by atoms with Crippen LogP contribution in [0, 0.1) is 12.7 Å². The average molecular weight is 526 g/mol. The van der Waals surface area contributed by atoms with Crippen LogP contribution in [0.25, 0.3) is 0 Å². The quantitative estimate of drug-likeness (QED) is 0.414. The van der Waals surface area contributed by atoms with Crippen LogP contribution in [-0.2, 0) is 39.2 Å². The number of hydrogen-bond acceptors (Lipinski definition) is 4. The summed E-state index contributed by atoms with van der Waals surface area (Å²) in [6.07, 6.45) is 1.05. The molecular weight excluding hydrogens is 493 g/mol. The Bertz CT molecular complexity index is 1300. The third-order valence-corrected chi connectivity index (χ3v) is 7.20. The van der Waals surface area contributed by atoms with Crippen molar-refractivity contribution in [3.05, 3.63) is 107 Å². The lowest BCUT2D eigenvalue weighted by atomic mass is 10.1. The fourth-order valence-electron chi connectivity index (χ4n) is 3.73. The van der Waals surface area contributed by atoms with Gasteiger partial charge in [0.15, 0.2) is 0 Å². The van der Waals surface area contributed by atoms with Gasteiger partial charge in [-0.25, -0.2) is 12.8 Å². The van der Waals surface area contributed by atoms with Crippen molar-refractivity contribution >= 4 is 21.8 Å². The summed E-state index contributed by atoms with van der Waals surface area (Å²) in [7, 11) is -3.73. The largest absolute Gasteiger partial charge is 0.350 e. The van der Waals surface area contributed by atoms with E-state index < -0.39 is 34.3 Å². The van der Waals surface area contributed by atoms with Crippen LogP contribution in [0.4, 0.5) is 4.39 Å². The monoisotopic (exact) mass is 525 g/mol. The number of aryl methyl sites for hydroxylation is 1. The summed E-state index contributed by atoms with van der Waals surface area (Å²) < 4.78 is 39.6. The molecule has 0 aliphatic rings. The summed E-state index contributed by atoms with van der Waals surface area (Å²) in [6, 6.07) is 21.4. The fraction of sp³-hybridized carbons (Fsp3) is 0.286. The maximum Gasteiger partial charge on any atom is 0.242 e. The number of rotatable bonds is 11. The van der Waals surface area contributed by atoms with E-state index in [9.17, 15) is 22.4 Å². The normalized spacial score (nSPS) is 12.2. The molecular formula is C28H32FN3O4S. The highest BCUT2D eigenvalue weighted by atomic mass is 32.2. The molecule has 0 spiro atoms. The van der Waals surface area contributed by atoms with E-state index in [0.29, 0.717) is 5.56 Å². The Morgan fingerprint density at radius 1 is 0.865 bits per heavy atom. The van der Waals surface area contributed by atoms with E-state index in [1.807, 2.05) is 37.3 Å². The highest BCUT2D eigenvalue weighted by Crippen LogP contribution is 2.14. The molecule has 1 unspecified atom stereocenters. The molecule has 0 saturated heterocycles. The van der Waals surface area contributed by atoms with Gasteiger partial charge in [-0.1, -0.05) is 72.3 Å². The Kier molecular flexibility index (Phi) is 9.54. The van der Waals surface area contributed by atoms with E-state index >= 15 is 0 Å². The predicted molar refractivity (Wildman–Crippen MR) is 141 cm³/mol. The lowest BCUT2D eigenvalue weighted by molar-refractivity contribution is -0.140. The Morgan fingerprint density at radius 3 is 2.03 bits per heavy atom. The fourth-order valence-corrected chi connectivity index (χ4v) is 4.46. The lowest BCUT2D eigenvalue weighted by Gasteiger charge is -2.31. The second-order valence-corrected chi connectivity index (χ2v) is 11.0. The third-order valence-electron chi connectivity index (χ3n) is 6.00. The maximum atomic E-state index is 13.5. The van der Waals surface area contributed by atoms with Crippen molar-refractivity contribution in [3.8, 4) is 0 Å². The summed E-state index contributed by atoms with van der Waals surface area (Å²) in [5.74, 6) is -1.34. The molecule has 0 aliphatic carbocycles. The Morgan fingerprint density at radius 2 is 1.43 bits per heavy atom. The Hall–Kier alpha value is -3.56. The van der Waals surface area contributed by atoms with Gasteiger partial charge in [0.2, 0.25) is 21.8 Å². The van der Waals surface area contributed by atoms with Gasteiger partial charge < -0.3 is 10.2 Å². The van der Waals surface area contributed by atoms with Gasteiger partial charge in [0.25, 0.3) is 0 Å². The number of amides is 2. The molecule has 0 radical (unpaired) electrons.